The second-order valence-corrected chi connectivity index (χ2v) is 11.4. The number of nitrogens with one attached hydrogen (secondary N) is 2. The van der Waals surface area contributed by atoms with Gasteiger partial charge in [0, 0.05) is 30.3 Å². The molecule has 0 aliphatic heterocycles. The second-order valence-electron chi connectivity index (χ2n) is 10.4. The van der Waals surface area contributed by atoms with Gasteiger partial charge in [-0.2, -0.15) is 0 Å². The molecule has 0 radical (unpaired) electrons. The number of hydrogen-bond donors (Lipinski definition) is 3. The highest BCUT2D eigenvalue weighted by atomic mass is 32.1. The standard InChI is InChI=1S/C25H34N4O3S/c1-13(2)28-18-10-14(3)17(11-26-18)22-20(21(30)19-15-6-7-16(19)9-8-15)29-24(33-22)23(31)27-12-25(4,5)32/h10-11,13,15-16,19,32H,6-9,12H2,1-5H3,(H,26,28)(H,27,31). The first-order valence-electron chi connectivity index (χ1n) is 11.8. The van der Waals surface area contributed by atoms with E-state index in [4.69, 9.17) is 0 Å². The minimum Gasteiger partial charge on any atom is -0.389 e. The number of carbonyl (C=O) groups excluding carboxylic acids is 2. The molecule has 0 spiro atoms. The molecule has 2 aromatic heterocycles. The SMILES string of the molecule is Cc1cc(NC(C)C)ncc1-c1sc(C(=O)NCC(C)(C)O)nc1C(=O)C1C2CCC1CC2. The molecule has 33 heavy (non-hydrogen) atoms. The van der Waals surface area contributed by atoms with E-state index in [1.165, 1.54) is 11.3 Å². The number of aromatic nitrogens is 2. The van der Waals surface area contributed by atoms with Crippen molar-refractivity contribution in [2.75, 3.05) is 11.9 Å². The Labute approximate surface area is 199 Å². The number of Topliss-reactive ketones (excluding diaryl/α,β-unsaturated/α-hetero) is 1. The smallest absolute Gasteiger partial charge is 0.280 e. The fourth-order valence-corrected chi connectivity index (χ4v) is 6.20. The lowest BCUT2D eigenvalue weighted by Gasteiger charge is -2.16. The average molecular weight is 471 g/mol. The van der Waals surface area contributed by atoms with Crippen LogP contribution < -0.4 is 10.6 Å². The van der Waals surface area contributed by atoms with Gasteiger partial charge < -0.3 is 15.7 Å². The number of amides is 1. The highest BCUT2D eigenvalue weighted by Crippen LogP contribution is 2.51. The van der Waals surface area contributed by atoms with Gasteiger partial charge in [0.1, 0.15) is 11.5 Å². The number of thiazole rings is 1. The maximum Gasteiger partial charge on any atom is 0.280 e. The van der Waals surface area contributed by atoms with Crippen LogP contribution in [0, 0.1) is 24.7 Å². The van der Waals surface area contributed by atoms with Crippen molar-refractivity contribution in [2.45, 2.75) is 71.9 Å². The molecule has 2 aliphatic rings. The van der Waals surface area contributed by atoms with Crippen LogP contribution in [-0.2, 0) is 0 Å². The van der Waals surface area contributed by atoms with Gasteiger partial charge in [-0.05, 0) is 83.8 Å². The third kappa shape index (κ3) is 5.11. The zero-order valence-corrected chi connectivity index (χ0v) is 20.9. The Morgan fingerprint density at radius 2 is 1.85 bits per heavy atom. The van der Waals surface area contributed by atoms with E-state index in [1.54, 1.807) is 20.0 Å². The maximum atomic E-state index is 13.7. The molecule has 2 saturated carbocycles. The summed E-state index contributed by atoms with van der Waals surface area (Å²) in [5.74, 6) is 1.34. The van der Waals surface area contributed by atoms with E-state index in [0.717, 1.165) is 42.6 Å². The predicted octanol–water partition coefficient (Wildman–Crippen LogP) is 4.45. The molecule has 7 nitrogen and oxygen atoms in total. The molecule has 0 atom stereocenters. The quantitative estimate of drug-likeness (QED) is 0.492. The maximum absolute atomic E-state index is 13.7. The molecule has 3 N–H and O–H groups in total. The Balaban J connectivity index is 1.71. The van der Waals surface area contributed by atoms with E-state index in [1.807, 2.05) is 13.0 Å². The van der Waals surface area contributed by atoms with Crippen molar-refractivity contribution in [3.63, 3.8) is 0 Å². The summed E-state index contributed by atoms with van der Waals surface area (Å²) < 4.78 is 0. The van der Waals surface area contributed by atoms with Gasteiger partial charge in [-0.3, -0.25) is 9.59 Å². The van der Waals surface area contributed by atoms with Crippen molar-refractivity contribution < 1.29 is 14.7 Å². The lowest BCUT2D eigenvalue weighted by atomic mass is 9.90. The number of hydrogen-bond acceptors (Lipinski definition) is 7. The molecule has 2 aromatic rings. The molecule has 4 rings (SSSR count). The third-order valence-corrected chi connectivity index (χ3v) is 7.75. The Kier molecular flexibility index (Phi) is 6.60. The summed E-state index contributed by atoms with van der Waals surface area (Å²) in [6.07, 6.45) is 6.20. The van der Waals surface area contributed by atoms with Crippen molar-refractivity contribution in [1.82, 2.24) is 15.3 Å². The van der Waals surface area contributed by atoms with Crippen LogP contribution in [0.15, 0.2) is 12.3 Å². The van der Waals surface area contributed by atoms with Gasteiger partial charge in [0.25, 0.3) is 5.91 Å². The molecule has 178 valence electrons. The number of fused-ring (bicyclic) bond motifs is 2. The number of anilines is 1. The van der Waals surface area contributed by atoms with Crippen molar-refractivity contribution in [2.24, 2.45) is 17.8 Å². The van der Waals surface area contributed by atoms with Crippen LogP contribution in [0.2, 0.25) is 0 Å². The monoisotopic (exact) mass is 470 g/mol. The van der Waals surface area contributed by atoms with E-state index in [9.17, 15) is 14.7 Å². The number of nitrogens with zero attached hydrogens (tertiary/aromatic N) is 2. The first-order valence-corrected chi connectivity index (χ1v) is 12.6. The Bertz CT molecular complexity index is 1040. The number of carbonyl (C=O) groups is 2. The van der Waals surface area contributed by atoms with E-state index in [0.29, 0.717) is 22.4 Å². The Hall–Kier alpha value is -2.32. The van der Waals surface area contributed by atoms with Gasteiger partial charge in [0.05, 0.1) is 10.5 Å². The number of aryl methyl sites for hydroxylation is 1. The summed E-state index contributed by atoms with van der Waals surface area (Å²) >= 11 is 1.23. The van der Waals surface area contributed by atoms with Crippen molar-refractivity contribution in [3.8, 4) is 10.4 Å². The molecule has 0 saturated heterocycles. The van der Waals surface area contributed by atoms with Crippen molar-refractivity contribution >= 4 is 28.8 Å². The lowest BCUT2D eigenvalue weighted by Crippen LogP contribution is -2.38. The molecule has 0 unspecified atom stereocenters. The number of ketones is 1. The first-order chi connectivity index (χ1) is 15.5. The molecular weight excluding hydrogens is 436 g/mol. The highest BCUT2D eigenvalue weighted by molar-refractivity contribution is 7.17. The van der Waals surface area contributed by atoms with E-state index < -0.39 is 5.60 Å². The molecule has 8 heteroatoms. The number of rotatable bonds is 8. The highest BCUT2D eigenvalue weighted by Gasteiger charge is 2.47. The second kappa shape index (κ2) is 9.14. The van der Waals surface area contributed by atoms with Gasteiger partial charge in [0.2, 0.25) is 0 Å². The van der Waals surface area contributed by atoms with Gasteiger partial charge in [-0.25, -0.2) is 9.97 Å². The van der Waals surface area contributed by atoms with Crippen LogP contribution in [0.3, 0.4) is 0 Å². The summed E-state index contributed by atoms with van der Waals surface area (Å²) in [5, 5.41) is 16.3. The minimum absolute atomic E-state index is 0.00767. The lowest BCUT2D eigenvalue weighted by molar-refractivity contribution is 0.0694. The van der Waals surface area contributed by atoms with Crippen LogP contribution in [0.4, 0.5) is 5.82 Å². The normalized spacial score (nSPS) is 22.1. The Morgan fingerprint density at radius 3 is 2.39 bits per heavy atom. The molecule has 1 amide bonds. The zero-order valence-electron chi connectivity index (χ0n) is 20.1. The molecular formula is C25H34N4O3S. The summed E-state index contributed by atoms with van der Waals surface area (Å²) in [6, 6.07) is 2.23. The molecule has 2 aliphatic carbocycles. The topological polar surface area (TPSA) is 104 Å². The molecule has 2 fully saturated rings. The number of pyridine rings is 1. The summed E-state index contributed by atoms with van der Waals surface area (Å²) in [7, 11) is 0. The van der Waals surface area contributed by atoms with Crippen LogP contribution in [-0.4, -0.2) is 45.0 Å². The molecule has 0 aromatic carbocycles. The summed E-state index contributed by atoms with van der Waals surface area (Å²) in [6.45, 7) is 9.47. The average Bonchev–Trinajstić information content (AvgIpc) is 3.45. The van der Waals surface area contributed by atoms with Gasteiger partial charge in [-0.15, -0.1) is 11.3 Å². The van der Waals surface area contributed by atoms with Crippen LogP contribution in [0.25, 0.3) is 10.4 Å². The van der Waals surface area contributed by atoms with Crippen LogP contribution in [0.1, 0.15) is 79.2 Å². The fourth-order valence-electron chi connectivity index (χ4n) is 5.14. The van der Waals surface area contributed by atoms with Crippen molar-refractivity contribution in [3.05, 3.63) is 28.5 Å². The van der Waals surface area contributed by atoms with E-state index >= 15 is 0 Å². The largest absolute Gasteiger partial charge is 0.389 e. The first kappa shape index (κ1) is 23.8. The summed E-state index contributed by atoms with van der Waals surface area (Å²) in [4.78, 5) is 36.4. The summed E-state index contributed by atoms with van der Waals surface area (Å²) in [5.41, 5.74) is 1.17. The van der Waals surface area contributed by atoms with E-state index in [-0.39, 0.29) is 35.2 Å². The molecule has 2 bridgehead atoms. The third-order valence-electron chi connectivity index (χ3n) is 6.66. The van der Waals surface area contributed by atoms with E-state index in [2.05, 4.69) is 34.4 Å². The predicted molar refractivity (Wildman–Crippen MR) is 131 cm³/mol. The molecule has 2 heterocycles. The van der Waals surface area contributed by atoms with Gasteiger partial charge in [0.15, 0.2) is 10.8 Å². The zero-order chi connectivity index (χ0) is 23.9. The van der Waals surface area contributed by atoms with Gasteiger partial charge in [-0.1, -0.05) is 0 Å². The fraction of sp³-hybridized carbons (Fsp3) is 0.600. The van der Waals surface area contributed by atoms with Crippen molar-refractivity contribution in [1.29, 1.82) is 0 Å². The van der Waals surface area contributed by atoms with Crippen LogP contribution >= 0.6 is 11.3 Å². The number of aliphatic hydroxyl groups is 1. The minimum atomic E-state index is -1.03. The van der Waals surface area contributed by atoms with Crippen LogP contribution in [0.5, 0.6) is 0 Å². The van der Waals surface area contributed by atoms with Gasteiger partial charge >= 0.3 is 0 Å². The Morgan fingerprint density at radius 1 is 1.21 bits per heavy atom.